The number of carbonyl (C=O) groups excluding carboxylic acids is 3. The molecule has 0 aromatic carbocycles. The quantitative estimate of drug-likeness (QED) is 0.0376. The van der Waals surface area contributed by atoms with Crippen molar-refractivity contribution >= 4 is 17.9 Å². The molecule has 0 saturated carbocycles. The van der Waals surface area contributed by atoms with E-state index in [0.717, 1.165) is 57.8 Å². The maximum atomic E-state index is 12.6. The summed E-state index contributed by atoms with van der Waals surface area (Å²) >= 11 is 0. The van der Waals surface area contributed by atoms with Crippen LogP contribution >= 0.6 is 0 Å². The van der Waals surface area contributed by atoms with Crippen molar-refractivity contribution in [2.24, 2.45) is 0 Å². The molecule has 6 nitrogen and oxygen atoms in total. The molecule has 0 atom stereocenters. The molecule has 0 aromatic rings. The van der Waals surface area contributed by atoms with Crippen molar-refractivity contribution < 1.29 is 28.6 Å². The average Bonchev–Trinajstić information content (AvgIpc) is 3.07. The van der Waals surface area contributed by atoms with Crippen molar-refractivity contribution in [3.63, 3.8) is 0 Å². The second-order valence-electron chi connectivity index (χ2n) is 13.9. The molecule has 6 heteroatoms. The second-order valence-corrected chi connectivity index (χ2v) is 13.9. The highest BCUT2D eigenvalue weighted by Crippen LogP contribution is 2.14. The van der Waals surface area contributed by atoms with Crippen LogP contribution in [-0.2, 0) is 28.6 Å². The van der Waals surface area contributed by atoms with E-state index in [2.05, 4.69) is 34.6 Å². The fraction of sp³-hybridized carbons (Fsp3) is 0.929. The summed E-state index contributed by atoms with van der Waals surface area (Å²) in [4.78, 5) is 37.3. The predicted octanol–water partition coefficient (Wildman–Crippen LogP) is 13.2. The van der Waals surface area contributed by atoms with Crippen molar-refractivity contribution in [3.05, 3.63) is 0 Å². The third-order valence-electron chi connectivity index (χ3n) is 8.61. The summed E-state index contributed by atoms with van der Waals surface area (Å²) in [5.41, 5.74) is 0. The van der Waals surface area contributed by atoms with Gasteiger partial charge in [-0.15, -0.1) is 0 Å². The second kappa shape index (κ2) is 41.6. The molecule has 0 aliphatic carbocycles. The van der Waals surface area contributed by atoms with E-state index in [4.69, 9.17) is 14.2 Å². The number of hydrogen-bond donors (Lipinski definition) is 0. The van der Waals surface area contributed by atoms with Crippen LogP contribution in [0.2, 0.25) is 0 Å². The van der Waals surface area contributed by atoms with Gasteiger partial charge in [-0.2, -0.15) is 0 Å². The van der Waals surface area contributed by atoms with Gasteiger partial charge in [-0.1, -0.05) is 195 Å². The molecule has 0 aromatic heterocycles. The van der Waals surface area contributed by atoms with E-state index in [1.54, 1.807) is 0 Å². The predicted molar refractivity (Wildman–Crippen MR) is 203 cm³/mol. The number of rotatable bonds is 35. The summed E-state index contributed by atoms with van der Waals surface area (Å²) in [7, 11) is 0. The van der Waals surface area contributed by atoms with Crippen LogP contribution in [-0.4, -0.2) is 37.2 Å². The molecule has 286 valence electrons. The van der Waals surface area contributed by atoms with Gasteiger partial charge in [0.05, 0.1) is 0 Å². The van der Waals surface area contributed by atoms with Gasteiger partial charge in [-0.05, 0) is 19.3 Å². The zero-order chi connectivity index (χ0) is 35.8. The Labute approximate surface area is 299 Å². The van der Waals surface area contributed by atoms with Crippen molar-refractivity contribution in [3.8, 4) is 0 Å². The summed E-state index contributed by atoms with van der Waals surface area (Å²) in [6.07, 6.45) is 33.6. The van der Waals surface area contributed by atoms with Gasteiger partial charge in [0.25, 0.3) is 0 Å². The first kappa shape index (κ1) is 48.5. The molecule has 48 heavy (non-hydrogen) atoms. The smallest absolute Gasteiger partial charge is 0.306 e. The van der Waals surface area contributed by atoms with E-state index in [1.165, 1.54) is 122 Å². The normalized spacial score (nSPS) is 10.9. The molecule has 0 saturated heterocycles. The molecule has 0 N–H and O–H groups in total. The van der Waals surface area contributed by atoms with Crippen LogP contribution in [0.15, 0.2) is 0 Å². The molecule has 0 fully saturated rings. The standard InChI is InChI=1S/C39H74O6.C3H8/c1-4-7-10-13-16-19-22-25-28-31-37(40)43-34-36(45-39(42)33-30-27-24-21-18-15-12-9-6-3)35-44-38(41)32-29-26-23-20-17-14-11-8-5-2;1-3-2/h36H,4-35H2,1-3H3;3H2,1-2H3. The third kappa shape index (κ3) is 40.6. The van der Waals surface area contributed by atoms with E-state index in [9.17, 15) is 14.4 Å². The maximum absolute atomic E-state index is 12.6. The lowest BCUT2D eigenvalue weighted by molar-refractivity contribution is -0.167. The summed E-state index contributed by atoms with van der Waals surface area (Å²) in [5.74, 6) is -0.870. The molecule has 0 bridgehead atoms. The van der Waals surface area contributed by atoms with Gasteiger partial charge in [-0.25, -0.2) is 0 Å². The fourth-order valence-electron chi connectivity index (χ4n) is 5.62. The van der Waals surface area contributed by atoms with E-state index in [0.29, 0.717) is 19.3 Å². The lowest BCUT2D eigenvalue weighted by Crippen LogP contribution is -2.30. The van der Waals surface area contributed by atoms with Gasteiger partial charge in [0.2, 0.25) is 0 Å². The Morgan fingerprint density at radius 3 is 0.854 bits per heavy atom. The molecule has 0 spiro atoms. The molecular weight excluding hydrogens is 600 g/mol. The Morgan fingerprint density at radius 1 is 0.354 bits per heavy atom. The molecule has 0 aliphatic rings. The van der Waals surface area contributed by atoms with E-state index in [-0.39, 0.29) is 31.1 Å². The van der Waals surface area contributed by atoms with Crippen LogP contribution in [0, 0.1) is 0 Å². The third-order valence-corrected chi connectivity index (χ3v) is 8.61. The SMILES string of the molecule is CCC.CCCCCCCCCCCC(=O)OCC(COC(=O)CCCCCCCCCCC)OC(=O)CCCCCCCCCCC. The van der Waals surface area contributed by atoms with E-state index >= 15 is 0 Å². The summed E-state index contributed by atoms with van der Waals surface area (Å²) in [6, 6.07) is 0. The van der Waals surface area contributed by atoms with Crippen LogP contribution in [0.4, 0.5) is 0 Å². The zero-order valence-corrected chi connectivity index (χ0v) is 32.9. The molecule has 0 rings (SSSR count). The topological polar surface area (TPSA) is 78.9 Å². The van der Waals surface area contributed by atoms with E-state index < -0.39 is 6.10 Å². The van der Waals surface area contributed by atoms with Crippen molar-refractivity contribution in [1.29, 1.82) is 0 Å². The Kier molecular flexibility index (Phi) is 42.0. The number of ether oxygens (including phenoxy) is 3. The number of esters is 3. The minimum atomic E-state index is -0.754. The fourth-order valence-corrected chi connectivity index (χ4v) is 5.62. The first-order chi connectivity index (χ1) is 23.4. The highest BCUT2D eigenvalue weighted by Gasteiger charge is 2.19. The number of unbranched alkanes of at least 4 members (excludes halogenated alkanes) is 24. The van der Waals surface area contributed by atoms with Crippen LogP contribution < -0.4 is 0 Å². The summed E-state index contributed by atoms with van der Waals surface area (Å²) in [5, 5.41) is 0. The van der Waals surface area contributed by atoms with Crippen LogP contribution in [0.3, 0.4) is 0 Å². The van der Waals surface area contributed by atoms with Gasteiger partial charge in [0, 0.05) is 19.3 Å². The van der Waals surface area contributed by atoms with Gasteiger partial charge in [-0.3, -0.25) is 14.4 Å². The Balaban J connectivity index is 0. The number of carbonyl (C=O) groups is 3. The zero-order valence-electron chi connectivity index (χ0n) is 32.9. The first-order valence-corrected chi connectivity index (χ1v) is 21.0. The summed E-state index contributed by atoms with van der Waals surface area (Å²) in [6.45, 7) is 10.8. The van der Waals surface area contributed by atoms with Crippen molar-refractivity contribution in [1.82, 2.24) is 0 Å². The van der Waals surface area contributed by atoms with E-state index in [1.807, 2.05) is 0 Å². The van der Waals surface area contributed by atoms with Crippen LogP contribution in [0.5, 0.6) is 0 Å². The van der Waals surface area contributed by atoms with Gasteiger partial charge < -0.3 is 14.2 Å². The Morgan fingerprint density at radius 2 is 0.583 bits per heavy atom. The van der Waals surface area contributed by atoms with Gasteiger partial charge in [0.1, 0.15) is 13.2 Å². The average molecular weight is 683 g/mol. The molecule has 0 amide bonds. The number of hydrogen-bond acceptors (Lipinski definition) is 6. The maximum Gasteiger partial charge on any atom is 0.306 e. The van der Waals surface area contributed by atoms with Crippen LogP contribution in [0.25, 0.3) is 0 Å². The highest BCUT2D eigenvalue weighted by molar-refractivity contribution is 5.71. The van der Waals surface area contributed by atoms with Gasteiger partial charge >= 0.3 is 17.9 Å². The minimum Gasteiger partial charge on any atom is -0.462 e. The lowest BCUT2D eigenvalue weighted by Gasteiger charge is -2.18. The van der Waals surface area contributed by atoms with Crippen molar-refractivity contribution in [2.75, 3.05) is 13.2 Å². The Hall–Kier alpha value is -1.59. The monoisotopic (exact) mass is 683 g/mol. The largest absolute Gasteiger partial charge is 0.462 e. The van der Waals surface area contributed by atoms with Crippen LogP contribution in [0.1, 0.15) is 234 Å². The lowest BCUT2D eigenvalue weighted by atomic mass is 10.1. The molecule has 0 unspecified atom stereocenters. The minimum absolute atomic E-state index is 0.0644. The molecule has 0 radical (unpaired) electrons. The Bertz CT molecular complexity index is 641. The molecule has 0 heterocycles. The first-order valence-electron chi connectivity index (χ1n) is 21.0. The molecule has 0 aliphatic heterocycles. The van der Waals surface area contributed by atoms with Gasteiger partial charge in [0.15, 0.2) is 6.10 Å². The summed E-state index contributed by atoms with van der Waals surface area (Å²) < 4.78 is 16.5. The molecular formula is C42H82O6. The highest BCUT2D eigenvalue weighted by atomic mass is 16.6. The van der Waals surface area contributed by atoms with Crippen molar-refractivity contribution in [2.45, 2.75) is 240 Å².